The van der Waals surface area contributed by atoms with Gasteiger partial charge in [-0.1, -0.05) is 0 Å². The van der Waals surface area contributed by atoms with Crippen molar-refractivity contribution in [2.45, 2.75) is 31.8 Å². The minimum atomic E-state index is -0.567. The summed E-state index contributed by atoms with van der Waals surface area (Å²) in [6, 6.07) is 0. The number of piperidine rings is 1. The van der Waals surface area contributed by atoms with Crippen LogP contribution in [0.2, 0.25) is 0 Å². The van der Waals surface area contributed by atoms with E-state index in [2.05, 4.69) is 10.3 Å². The number of hydrogen-bond donors (Lipinski definition) is 2. The summed E-state index contributed by atoms with van der Waals surface area (Å²) in [6.07, 6.45) is 2.64. The Morgan fingerprint density at radius 2 is 2.57 bits per heavy atom. The molecule has 3 nitrogen and oxygen atoms in total. The molecule has 1 saturated heterocycles. The minimum Gasteiger partial charge on any atom is -0.388 e. The van der Waals surface area contributed by atoms with Gasteiger partial charge in [-0.15, -0.1) is 11.3 Å². The number of rotatable bonds is 2. The lowest BCUT2D eigenvalue weighted by Gasteiger charge is -2.31. The molecule has 78 valence electrons. The van der Waals surface area contributed by atoms with Gasteiger partial charge in [0.1, 0.15) is 0 Å². The molecular weight excluding hydrogens is 196 g/mol. The van der Waals surface area contributed by atoms with Crippen LogP contribution in [0.5, 0.6) is 0 Å². The Hall–Kier alpha value is -0.450. The van der Waals surface area contributed by atoms with Crippen LogP contribution < -0.4 is 5.32 Å². The SMILES string of the molecule is Cc1csc(CC2(O)CCCNC2)n1. The van der Waals surface area contributed by atoms with Gasteiger partial charge in [0.15, 0.2) is 0 Å². The number of aryl methyl sites for hydroxylation is 1. The standard InChI is InChI=1S/C10H16N2OS/c1-8-6-14-9(12-8)5-10(13)3-2-4-11-7-10/h6,11,13H,2-5,7H2,1H3. The second-order valence-electron chi connectivity index (χ2n) is 4.06. The van der Waals surface area contributed by atoms with Crippen LogP contribution in [0, 0.1) is 6.92 Å². The lowest BCUT2D eigenvalue weighted by molar-refractivity contribution is 0.0169. The van der Waals surface area contributed by atoms with Crippen LogP contribution >= 0.6 is 11.3 Å². The van der Waals surface area contributed by atoms with Gasteiger partial charge >= 0.3 is 0 Å². The van der Waals surface area contributed by atoms with Crippen molar-refractivity contribution in [1.29, 1.82) is 0 Å². The van der Waals surface area contributed by atoms with E-state index in [1.54, 1.807) is 11.3 Å². The van der Waals surface area contributed by atoms with Gasteiger partial charge in [-0.3, -0.25) is 0 Å². The molecule has 0 aromatic carbocycles. The zero-order valence-electron chi connectivity index (χ0n) is 8.42. The van der Waals surface area contributed by atoms with Crippen LogP contribution in [0.1, 0.15) is 23.5 Å². The van der Waals surface area contributed by atoms with E-state index in [0.717, 1.165) is 30.1 Å². The van der Waals surface area contributed by atoms with Gasteiger partial charge in [0, 0.05) is 24.0 Å². The number of thiazole rings is 1. The average molecular weight is 212 g/mol. The minimum absolute atomic E-state index is 0.567. The van der Waals surface area contributed by atoms with Crippen molar-refractivity contribution in [1.82, 2.24) is 10.3 Å². The lowest BCUT2D eigenvalue weighted by atomic mass is 9.91. The number of aromatic nitrogens is 1. The molecule has 2 heterocycles. The first kappa shape index (κ1) is 10.1. The fraction of sp³-hybridized carbons (Fsp3) is 0.700. The maximum atomic E-state index is 10.2. The van der Waals surface area contributed by atoms with E-state index in [1.807, 2.05) is 12.3 Å². The van der Waals surface area contributed by atoms with Gasteiger partial charge in [-0.05, 0) is 26.3 Å². The van der Waals surface area contributed by atoms with Gasteiger partial charge < -0.3 is 10.4 Å². The molecule has 1 atom stereocenters. The van der Waals surface area contributed by atoms with Crippen LogP contribution in [-0.2, 0) is 6.42 Å². The Balaban J connectivity index is 2.01. The fourth-order valence-corrected chi connectivity index (χ4v) is 2.78. The summed E-state index contributed by atoms with van der Waals surface area (Å²) in [7, 11) is 0. The van der Waals surface area contributed by atoms with Gasteiger partial charge in [-0.2, -0.15) is 0 Å². The summed E-state index contributed by atoms with van der Waals surface area (Å²) >= 11 is 1.64. The third-order valence-electron chi connectivity index (χ3n) is 2.60. The van der Waals surface area contributed by atoms with E-state index in [-0.39, 0.29) is 0 Å². The van der Waals surface area contributed by atoms with E-state index in [4.69, 9.17) is 0 Å². The highest BCUT2D eigenvalue weighted by molar-refractivity contribution is 7.09. The first-order chi connectivity index (χ1) is 6.68. The molecule has 1 aliphatic heterocycles. The number of β-amino-alcohol motifs (C(OH)–C–C–N with tert-alkyl or cyclic N) is 1. The molecule has 0 amide bonds. The fourth-order valence-electron chi connectivity index (χ4n) is 1.87. The molecule has 1 aromatic heterocycles. The summed E-state index contributed by atoms with van der Waals surface area (Å²) in [5, 5.41) is 16.6. The predicted molar refractivity (Wildman–Crippen MR) is 57.6 cm³/mol. The van der Waals surface area contributed by atoms with Crippen molar-refractivity contribution in [2.75, 3.05) is 13.1 Å². The van der Waals surface area contributed by atoms with Crippen LogP contribution in [0.4, 0.5) is 0 Å². The largest absolute Gasteiger partial charge is 0.388 e. The molecule has 1 unspecified atom stereocenters. The molecule has 0 saturated carbocycles. The molecule has 4 heteroatoms. The van der Waals surface area contributed by atoms with Crippen molar-refractivity contribution in [3.05, 3.63) is 16.1 Å². The molecule has 14 heavy (non-hydrogen) atoms. The third kappa shape index (κ3) is 2.32. The van der Waals surface area contributed by atoms with Gasteiger partial charge in [-0.25, -0.2) is 4.98 Å². The van der Waals surface area contributed by atoms with Crippen LogP contribution in [0.25, 0.3) is 0 Å². The van der Waals surface area contributed by atoms with Gasteiger partial charge in [0.2, 0.25) is 0 Å². The van der Waals surface area contributed by atoms with E-state index in [1.165, 1.54) is 0 Å². The van der Waals surface area contributed by atoms with Crippen molar-refractivity contribution >= 4 is 11.3 Å². The predicted octanol–water partition coefficient (Wildman–Crippen LogP) is 1.11. The van der Waals surface area contributed by atoms with Crippen molar-refractivity contribution in [3.63, 3.8) is 0 Å². The maximum absolute atomic E-state index is 10.2. The monoisotopic (exact) mass is 212 g/mol. The number of aliphatic hydroxyl groups is 1. The smallest absolute Gasteiger partial charge is 0.0957 e. The summed E-state index contributed by atoms with van der Waals surface area (Å²) in [5.41, 5.74) is 0.486. The highest BCUT2D eigenvalue weighted by atomic mass is 32.1. The second kappa shape index (κ2) is 3.96. The zero-order valence-corrected chi connectivity index (χ0v) is 9.23. The van der Waals surface area contributed by atoms with Crippen molar-refractivity contribution < 1.29 is 5.11 Å². The second-order valence-corrected chi connectivity index (χ2v) is 5.01. The summed E-state index contributed by atoms with van der Waals surface area (Å²) in [6.45, 7) is 3.72. The Kier molecular flexibility index (Phi) is 2.85. The molecule has 0 aliphatic carbocycles. The Morgan fingerprint density at radius 1 is 1.71 bits per heavy atom. The topological polar surface area (TPSA) is 45.1 Å². The van der Waals surface area contributed by atoms with Crippen LogP contribution in [0.15, 0.2) is 5.38 Å². The third-order valence-corrected chi connectivity index (χ3v) is 3.56. The lowest BCUT2D eigenvalue weighted by Crippen LogP contribution is -2.47. The molecule has 2 rings (SSSR count). The average Bonchev–Trinajstić information content (AvgIpc) is 2.51. The molecule has 2 N–H and O–H groups in total. The van der Waals surface area contributed by atoms with E-state index < -0.39 is 5.60 Å². The summed E-state index contributed by atoms with van der Waals surface area (Å²) in [5.74, 6) is 0. The molecule has 1 aliphatic rings. The number of hydrogen-bond acceptors (Lipinski definition) is 4. The van der Waals surface area contributed by atoms with Crippen molar-refractivity contribution in [3.8, 4) is 0 Å². The molecule has 1 aromatic rings. The Bertz CT molecular complexity index is 305. The van der Waals surface area contributed by atoms with Gasteiger partial charge in [0.05, 0.1) is 10.6 Å². The summed E-state index contributed by atoms with van der Waals surface area (Å²) in [4.78, 5) is 4.38. The Morgan fingerprint density at radius 3 is 3.14 bits per heavy atom. The summed E-state index contributed by atoms with van der Waals surface area (Å²) < 4.78 is 0. The first-order valence-corrected chi connectivity index (χ1v) is 5.90. The zero-order chi connectivity index (χ0) is 10.0. The molecule has 1 fully saturated rings. The molecule has 0 radical (unpaired) electrons. The van der Waals surface area contributed by atoms with Crippen LogP contribution in [-0.4, -0.2) is 28.8 Å². The first-order valence-electron chi connectivity index (χ1n) is 5.02. The highest BCUT2D eigenvalue weighted by Crippen LogP contribution is 2.23. The normalized spacial score (nSPS) is 27.9. The number of nitrogens with one attached hydrogen (secondary N) is 1. The van der Waals surface area contributed by atoms with Gasteiger partial charge in [0.25, 0.3) is 0 Å². The van der Waals surface area contributed by atoms with E-state index >= 15 is 0 Å². The molecular formula is C10H16N2OS. The highest BCUT2D eigenvalue weighted by Gasteiger charge is 2.30. The molecule has 0 spiro atoms. The van der Waals surface area contributed by atoms with Crippen LogP contribution in [0.3, 0.4) is 0 Å². The number of nitrogens with zero attached hydrogens (tertiary/aromatic N) is 1. The maximum Gasteiger partial charge on any atom is 0.0957 e. The Labute approximate surface area is 88.2 Å². The van der Waals surface area contributed by atoms with E-state index in [0.29, 0.717) is 13.0 Å². The van der Waals surface area contributed by atoms with E-state index in [9.17, 15) is 5.11 Å². The van der Waals surface area contributed by atoms with Crippen molar-refractivity contribution in [2.24, 2.45) is 0 Å². The molecule has 0 bridgehead atoms. The quantitative estimate of drug-likeness (QED) is 0.772.